The third-order valence-corrected chi connectivity index (χ3v) is 2.25. The van der Waals surface area contributed by atoms with Gasteiger partial charge in [0.1, 0.15) is 5.82 Å². The van der Waals surface area contributed by atoms with Crippen molar-refractivity contribution in [3.05, 3.63) is 34.6 Å². The summed E-state index contributed by atoms with van der Waals surface area (Å²) in [5, 5.41) is 17.9. The van der Waals surface area contributed by atoms with Crippen molar-refractivity contribution >= 4 is 5.97 Å². The van der Waals surface area contributed by atoms with Gasteiger partial charge < -0.3 is 9.84 Å². The maximum Gasteiger partial charge on any atom is 0.310 e. The van der Waals surface area contributed by atoms with E-state index in [1.165, 1.54) is 6.07 Å². The lowest BCUT2D eigenvalue weighted by Gasteiger charge is -2.08. The summed E-state index contributed by atoms with van der Waals surface area (Å²) >= 11 is 0. The Morgan fingerprint density at radius 2 is 2.29 bits per heavy atom. The summed E-state index contributed by atoms with van der Waals surface area (Å²) in [6.45, 7) is 1.46. The Hall–Kier alpha value is -1.93. The molecule has 0 radical (unpaired) electrons. The standard InChI is InChI=1S/C12H12FNO3/c1-2-17-12(16)5-9-10(6-14)8(7-15)3-4-11(9)13/h3-4,15H,2,5,7H2,1H3. The maximum absolute atomic E-state index is 13.5. The number of nitrogens with zero attached hydrogens (tertiary/aromatic N) is 1. The van der Waals surface area contributed by atoms with Crippen molar-refractivity contribution in [2.75, 3.05) is 6.61 Å². The van der Waals surface area contributed by atoms with Crippen molar-refractivity contribution in [2.45, 2.75) is 20.0 Å². The lowest BCUT2D eigenvalue weighted by molar-refractivity contribution is -0.142. The van der Waals surface area contributed by atoms with E-state index in [1.54, 1.807) is 13.0 Å². The number of carbonyl (C=O) groups excluding carboxylic acids is 1. The first kappa shape index (κ1) is 13.1. The predicted octanol–water partition coefficient (Wildman–Crippen LogP) is 1.30. The van der Waals surface area contributed by atoms with E-state index in [1.807, 2.05) is 0 Å². The summed E-state index contributed by atoms with van der Waals surface area (Å²) in [7, 11) is 0. The van der Waals surface area contributed by atoms with Gasteiger partial charge in [0.15, 0.2) is 0 Å². The molecule has 1 aromatic rings. The molecule has 1 aromatic carbocycles. The highest BCUT2D eigenvalue weighted by Crippen LogP contribution is 2.19. The molecular formula is C12H12FNO3. The van der Waals surface area contributed by atoms with E-state index in [2.05, 4.69) is 0 Å². The molecule has 0 amide bonds. The molecule has 5 heteroatoms. The smallest absolute Gasteiger partial charge is 0.310 e. The SMILES string of the molecule is CCOC(=O)Cc1c(F)ccc(CO)c1C#N. The van der Waals surface area contributed by atoms with Crippen LogP contribution >= 0.6 is 0 Å². The van der Waals surface area contributed by atoms with Gasteiger partial charge in [-0.2, -0.15) is 5.26 Å². The Balaban J connectivity index is 3.13. The summed E-state index contributed by atoms with van der Waals surface area (Å²) < 4.78 is 18.2. The molecule has 0 spiro atoms. The highest BCUT2D eigenvalue weighted by Gasteiger charge is 2.16. The fourth-order valence-corrected chi connectivity index (χ4v) is 1.47. The Morgan fingerprint density at radius 1 is 1.59 bits per heavy atom. The Kier molecular flexibility index (Phi) is 4.61. The van der Waals surface area contributed by atoms with Crippen LogP contribution in [0.2, 0.25) is 0 Å². The zero-order valence-electron chi connectivity index (χ0n) is 9.36. The highest BCUT2D eigenvalue weighted by atomic mass is 19.1. The van der Waals surface area contributed by atoms with Gasteiger partial charge >= 0.3 is 5.97 Å². The number of hydrogen-bond acceptors (Lipinski definition) is 4. The molecule has 0 heterocycles. The molecule has 1 N–H and O–H groups in total. The predicted molar refractivity (Wildman–Crippen MR) is 57.4 cm³/mol. The molecule has 0 saturated heterocycles. The second kappa shape index (κ2) is 5.97. The number of benzene rings is 1. The van der Waals surface area contributed by atoms with Gasteiger partial charge in [-0.15, -0.1) is 0 Å². The summed E-state index contributed by atoms with van der Waals surface area (Å²) in [6, 6.07) is 4.24. The maximum atomic E-state index is 13.5. The van der Waals surface area contributed by atoms with Crippen molar-refractivity contribution in [3.63, 3.8) is 0 Å². The van der Waals surface area contributed by atoms with Gasteiger partial charge in [-0.05, 0) is 18.6 Å². The van der Waals surface area contributed by atoms with E-state index in [0.717, 1.165) is 6.07 Å². The van der Waals surface area contributed by atoms with Crippen LogP contribution in [0.1, 0.15) is 23.6 Å². The molecule has 1 rings (SSSR count). The Labute approximate surface area is 98.2 Å². The van der Waals surface area contributed by atoms with E-state index in [9.17, 15) is 9.18 Å². The van der Waals surface area contributed by atoms with Crippen LogP contribution < -0.4 is 0 Å². The van der Waals surface area contributed by atoms with E-state index >= 15 is 0 Å². The molecule has 0 atom stereocenters. The average molecular weight is 237 g/mol. The zero-order chi connectivity index (χ0) is 12.8. The fourth-order valence-electron chi connectivity index (χ4n) is 1.47. The fraction of sp³-hybridized carbons (Fsp3) is 0.333. The molecule has 0 aliphatic carbocycles. The van der Waals surface area contributed by atoms with Crippen molar-refractivity contribution < 1.29 is 19.0 Å². The van der Waals surface area contributed by atoms with Crippen molar-refractivity contribution in [2.24, 2.45) is 0 Å². The number of rotatable bonds is 4. The minimum absolute atomic E-state index is 0.000512. The van der Waals surface area contributed by atoms with E-state index < -0.39 is 11.8 Å². The highest BCUT2D eigenvalue weighted by molar-refractivity contribution is 5.74. The first-order valence-electron chi connectivity index (χ1n) is 5.10. The molecule has 0 bridgehead atoms. The lowest BCUT2D eigenvalue weighted by Crippen LogP contribution is -2.11. The number of nitriles is 1. The monoisotopic (exact) mass is 237 g/mol. The van der Waals surface area contributed by atoms with Gasteiger partial charge in [0.05, 0.1) is 31.3 Å². The summed E-state index contributed by atoms with van der Waals surface area (Å²) in [5.41, 5.74) is 0.270. The van der Waals surface area contributed by atoms with Gasteiger partial charge in [-0.25, -0.2) is 4.39 Å². The van der Waals surface area contributed by atoms with Crippen molar-refractivity contribution in [3.8, 4) is 6.07 Å². The van der Waals surface area contributed by atoms with Gasteiger partial charge in [-0.3, -0.25) is 4.79 Å². The summed E-state index contributed by atoms with van der Waals surface area (Å²) in [4.78, 5) is 11.3. The van der Waals surface area contributed by atoms with Gasteiger partial charge in [0.25, 0.3) is 0 Å². The van der Waals surface area contributed by atoms with Gasteiger partial charge in [0.2, 0.25) is 0 Å². The number of carbonyl (C=O) groups is 1. The molecule has 0 aliphatic heterocycles. The molecule has 0 aliphatic rings. The number of aliphatic hydroxyl groups excluding tert-OH is 1. The second-order valence-corrected chi connectivity index (χ2v) is 3.31. The van der Waals surface area contributed by atoms with Crippen molar-refractivity contribution in [1.29, 1.82) is 5.26 Å². The van der Waals surface area contributed by atoms with Crippen LogP contribution in [-0.4, -0.2) is 17.7 Å². The normalized spacial score (nSPS) is 9.76. The molecule has 0 unspecified atom stereocenters. The molecule has 17 heavy (non-hydrogen) atoms. The second-order valence-electron chi connectivity index (χ2n) is 3.31. The van der Waals surface area contributed by atoms with Crippen LogP contribution in [0.3, 0.4) is 0 Å². The first-order valence-corrected chi connectivity index (χ1v) is 5.10. The van der Waals surface area contributed by atoms with Crippen molar-refractivity contribution in [1.82, 2.24) is 0 Å². The van der Waals surface area contributed by atoms with Gasteiger partial charge in [0, 0.05) is 5.56 Å². The number of hydrogen-bond donors (Lipinski definition) is 1. The van der Waals surface area contributed by atoms with Gasteiger partial charge in [-0.1, -0.05) is 6.07 Å². The zero-order valence-corrected chi connectivity index (χ0v) is 9.36. The van der Waals surface area contributed by atoms with Crippen LogP contribution in [0.25, 0.3) is 0 Å². The average Bonchev–Trinajstić information content (AvgIpc) is 2.31. The number of halogens is 1. The molecule has 90 valence electrons. The van der Waals surface area contributed by atoms with Crippen LogP contribution in [0.15, 0.2) is 12.1 Å². The third-order valence-electron chi connectivity index (χ3n) is 2.25. The lowest BCUT2D eigenvalue weighted by atomic mass is 9.99. The summed E-state index contributed by atoms with van der Waals surface area (Å²) in [5.74, 6) is -1.25. The molecular weight excluding hydrogens is 225 g/mol. The topological polar surface area (TPSA) is 70.3 Å². The molecule has 4 nitrogen and oxygen atoms in total. The molecule has 0 saturated carbocycles. The molecule has 0 aromatic heterocycles. The van der Waals surface area contributed by atoms with Crippen LogP contribution in [0, 0.1) is 17.1 Å². The van der Waals surface area contributed by atoms with E-state index in [4.69, 9.17) is 15.1 Å². The minimum atomic E-state index is -0.646. The van der Waals surface area contributed by atoms with Crippen LogP contribution in [-0.2, 0) is 22.6 Å². The largest absolute Gasteiger partial charge is 0.466 e. The summed E-state index contributed by atoms with van der Waals surface area (Å²) in [6.07, 6.45) is -0.309. The van der Waals surface area contributed by atoms with Crippen LogP contribution in [0.4, 0.5) is 4.39 Å². The number of aliphatic hydroxyl groups is 1. The Bertz CT molecular complexity index is 466. The quantitative estimate of drug-likeness (QED) is 0.801. The minimum Gasteiger partial charge on any atom is -0.466 e. The third kappa shape index (κ3) is 3.02. The number of ether oxygens (including phenoxy) is 1. The van der Waals surface area contributed by atoms with Crippen LogP contribution in [0.5, 0.6) is 0 Å². The number of esters is 1. The van der Waals surface area contributed by atoms with E-state index in [-0.39, 0.29) is 30.8 Å². The molecule has 0 fully saturated rings. The first-order chi connectivity index (χ1) is 8.13. The Morgan fingerprint density at radius 3 is 2.82 bits per heavy atom. The van der Waals surface area contributed by atoms with E-state index in [0.29, 0.717) is 5.56 Å².